The highest BCUT2D eigenvalue weighted by Crippen LogP contribution is 2.44. The lowest BCUT2D eigenvalue weighted by atomic mass is 9.93. The largest absolute Gasteiger partial charge is 0.309 e. The number of para-hydroxylation sites is 3. The lowest BCUT2D eigenvalue weighted by Crippen LogP contribution is -2.00. The second-order valence-corrected chi connectivity index (χ2v) is 18.6. The van der Waals surface area contributed by atoms with Crippen LogP contribution in [0.1, 0.15) is 0 Å². The molecule has 14 aromatic rings. The molecule has 4 heterocycles. The molecule has 69 heavy (non-hydrogen) atoms. The Morgan fingerprint density at radius 3 is 1.54 bits per heavy atom. The van der Waals surface area contributed by atoms with Gasteiger partial charge in [0, 0.05) is 65.1 Å². The molecule has 0 radical (unpaired) electrons. The Bertz CT molecular complexity index is 4230. The van der Waals surface area contributed by atoms with Gasteiger partial charge >= 0.3 is 0 Å². The fourth-order valence-electron chi connectivity index (χ4n) is 10.4. The summed E-state index contributed by atoms with van der Waals surface area (Å²) < 4.78 is 7.44. The van der Waals surface area contributed by atoms with Crippen molar-refractivity contribution in [3.63, 3.8) is 0 Å². The normalized spacial score (nSPS) is 11.8. The molecule has 0 unspecified atom stereocenters. The number of nitrogens with zero attached hydrogens (tertiary/aromatic N) is 5. The number of hydrogen-bond donors (Lipinski definition) is 0. The smallest absolute Gasteiger partial charge is 0.164 e. The molecule has 0 fully saturated rings. The molecule has 0 bridgehead atoms. The molecular formula is C63H39N5S. The lowest BCUT2D eigenvalue weighted by molar-refractivity contribution is 1.07. The summed E-state index contributed by atoms with van der Waals surface area (Å²) in [4.78, 5) is 15.5. The molecule has 0 N–H and O–H groups in total. The van der Waals surface area contributed by atoms with Gasteiger partial charge in [-0.25, -0.2) is 15.0 Å². The minimum absolute atomic E-state index is 0.610. The van der Waals surface area contributed by atoms with Crippen LogP contribution >= 0.6 is 11.3 Å². The number of fused-ring (bicyclic) bond motifs is 10. The van der Waals surface area contributed by atoms with Crippen LogP contribution in [0.5, 0.6) is 0 Å². The number of hydrogen-bond acceptors (Lipinski definition) is 4. The van der Waals surface area contributed by atoms with E-state index < -0.39 is 0 Å². The third-order valence-electron chi connectivity index (χ3n) is 13.6. The van der Waals surface area contributed by atoms with Crippen LogP contribution in [0.15, 0.2) is 237 Å². The number of benzene rings is 10. The molecule has 0 spiro atoms. The van der Waals surface area contributed by atoms with Gasteiger partial charge in [-0.15, -0.1) is 11.3 Å². The van der Waals surface area contributed by atoms with Crippen LogP contribution in [0.3, 0.4) is 0 Å². The zero-order valence-electron chi connectivity index (χ0n) is 37.2. The van der Waals surface area contributed by atoms with Crippen LogP contribution < -0.4 is 0 Å². The summed E-state index contributed by atoms with van der Waals surface area (Å²) in [6.07, 6.45) is 0. The third kappa shape index (κ3) is 6.41. The van der Waals surface area contributed by atoms with Crippen molar-refractivity contribution in [1.82, 2.24) is 24.1 Å². The standard InChI is InChI=1S/C63H39N5S/c1-4-17-41(18-5-1)61-64-62(42-19-6-2-7-20-42)66-63(65-61)45-38-43(37-44(39-45)48-26-16-29-56-58(48)53-25-11-14-28-55(53)67(56)46-21-8-3-9-22-46)40-31-33-47(34-32-40)68-54-27-13-10-23-49(54)51-35-36-52-50-24-12-15-30-57(50)69-60(52)59(51)68/h1-39H. The predicted octanol–water partition coefficient (Wildman–Crippen LogP) is 16.8. The van der Waals surface area contributed by atoms with Gasteiger partial charge in [0.15, 0.2) is 17.5 Å². The van der Waals surface area contributed by atoms with E-state index in [2.05, 4.69) is 209 Å². The molecule has 0 aliphatic rings. The zero-order chi connectivity index (χ0) is 45.4. The Morgan fingerprint density at radius 2 is 0.826 bits per heavy atom. The van der Waals surface area contributed by atoms with Gasteiger partial charge in [0.1, 0.15) is 0 Å². The summed E-state index contributed by atoms with van der Waals surface area (Å²) >= 11 is 1.88. The van der Waals surface area contributed by atoms with Gasteiger partial charge in [0.2, 0.25) is 0 Å². The van der Waals surface area contributed by atoms with Gasteiger partial charge in [-0.2, -0.15) is 0 Å². The van der Waals surface area contributed by atoms with Gasteiger partial charge < -0.3 is 9.13 Å². The van der Waals surface area contributed by atoms with E-state index in [1.54, 1.807) is 0 Å². The first-order valence-corrected chi connectivity index (χ1v) is 24.1. The van der Waals surface area contributed by atoms with Crippen LogP contribution in [0, 0.1) is 0 Å². The average Bonchev–Trinajstić information content (AvgIpc) is 4.09. The fourth-order valence-corrected chi connectivity index (χ4v) is 11.7. The maximum atomic E-state index is 5.24. The average molecular weight is 898 g/mol. The summed E-state index contributed by atoms with van der Waals surface area (Å²) in [6.45, 7) is 0. The van der Waals surface area contributed by atoms with E-state index in [1.165, 1.54) is 52.8 Å². The van der Waals surface area contributed by atoms with Crippen molar-refractivity contribution in [3.8, 4) is 67.8 Å². The van der Waals surface area contributed by atoms with Crippen molar-refractivity contribution in [2.45, 2.75) is 0 Å². The fraction of sp³-hybridized carbons (Fsp3) is 0. The van der Waals surface area contributed by atoms with Crippen molar-refractivity contribution >= 4 is 75.1 Å². The molecular weight excluding hydrogens is 859 g/mol. The van der Waals surface area contributed by atoms with Crippen molar-refractivity contribution in [3.05, 3.63) is 237 Å². The van der Waals surface area contributed by atoms with Gasteiger partial charge in [-0.1, -0.05) is 170 Å². The van der Waals surface area contributed by atoms with Crippen LogP contribution in [-0.4, -0.2) is 24.1 Å². The monoisotopic (exact) mass is 897 g/mol. The maximum Gasteiger partial charge on any atom is 0.164 e. The summed E-state index contributed by atoms with van der Waals surface area (Å²) in [6, 6.07) is 84.5. The van der Waals surface area contributed by atoms with Crippen LogP contribution in [-0.2, 0) is 0 Å². The minimum atomic E-state index is 0.610. The molecule has 0 aliphatic heterocycles. The third-order valence-corrected chi connectivity index (χ3v) is 14.7. The van der Waals surface area contributed by atoms with Crippen LogP contribution in [0.25, 0.3) is 132 Å². The summed E-state index contributed by atoms with van der Waals surface area (Å²) in [7, 11) is 0. The second kappa shape index (κ2) is 15.8. The Kier molecular flexibility index (Phi) is 9.00. The summed E-state index contributed by atoms with van der Waals surface area (Å²) in [5.74, 6) is 1.87. The molecule has 0 aliphatic carbocycles. The van der Waals surface area contributed by atoms with E-state index in [0.29, 0.717) is 17.5 Å². The summed E-state index contributed by atoms with van der Waals surface area (Å²) in [5, 5.41) is 7.49. The highest BCUT2D eigenvalue weighted by molar-refractivity contribution is 7.26. The molecule has 322 valence electrons. The van der Waals surface area contributed by atoms with Crippen molar-refractivity contribution in [2.75, 3.05) is 0 Å². The molecule has 6 heteroatoms. The molecule has 5 nitrogen and oxygen atoms in total. The summed E-state index contributed by atoms with van der Waals surface area (Å²) in [5.41, 5.74) is 14.1. The molecule has 0 atom stereocenters. The van der Waals surface area contributed by atoms with Crippen LogP contribution in [0.4, 0.5) is 0 Å². The molecule has 0 amide bonds. The van der Waals surface area contributed by atoms with E-state index in [0.717, 1.165) is 61.4 Å². The Balaban J connectivity index is 0.997. The van der Waals surface area contributed by atoms with Crippen LogP contribution in [0.2, 0.25) is 0 Å². The van der Waals surface area contributed by atoms with Gasteiger partial charge in [-0.3, -0.25) is 0 Å². The van der Waals surface area contributed by atoms with Crippen molar-refractivity contribution in [1.29, 1.82) is 0 Å². The quantitative estimate of drug-likeness (QED) is 0.160. The second-order valence-electron chi connectivity index (χ2n) is 17.6. The van der Waals surface area contributed by atoms with E-state index in [9.17, 15) is 0 Å². The number of thiophene rings is 1. The Morgan fingerprint density at radius 1 is 0.304 bits per heavy atom. The van der Waals surface area contributed by atoms with E-state index >= 15 is 0 Å². The lowest BCUT2D eigenvalue weighted by Gasteiger charge is -2.14. The maximum absolute atomic E-state index is 5.24. The van der Waals surface area contributed by atoms with Gasteiger partial charge in [0.05, 0.1) is 26.8 Å². The number of rotatable bonds is 7. The Hall–Kier alpha value is -8.97. The first-order chi connectivity index (χ1) is 34.2. The van der Waals surface area contributed by atoms with Gasteiger partial charge in [-0.05, 0) is 89.0 Å². The predicted molar refractivity (Wildman–Crippen MR) is 289 cm³/mol. The van der Waals surface area contributed by atoms with Gasteiger partial charge in [0.25, 0.3) is 0 Å². The number of aromatic nitrogens is 5. The SMILES string of the molecule is c1ccc(-c2nc(-c3ccccc3)nc(-c3cc(-c4ccc(-n5c6ccccc6c6ccc7c8ccccc8sc7c65)cc4)cc(-c4cccc5c4c4ccccc4n5-c4ccccc4)c3)n2)cc1. The highest BCUT2D eigenvalue weighted by atomic mass is 32.1. The van der Waals surface area contributed by atoms with E-state index in [4.69, 9.17) is 15.0 Å². The molecule has 0 saturated heterocycles. The minimum Gasteiger partial charge on any atom is -0.309 e. The van der Waals surface area contributed by atoms with Crippen molar-refractivity contribution < 1.29 is 0 Å². The van der Waals surface area contributed by atoms with E-state index in [-0.39, 0.29) is 0 Å². The molecule has 14 rings (SSSR count). The first-order valence-electron chi connectivity index (χ1n) is 23.3. The topological polar surface area (TPSA) is 48.5 Å². The molecule has 10 aromatic carbocycles. The molecule has 0 saturated carbocycles. The van der Waals surface area contributed by atoms with E-state index in [1.807, 2.05) is 47.7 Å². The zero-order valence-corrected chi connectivity index (χ0v) is 38.0. The van der Waals surface area contributed by atoms with Crippen molar-refractivity contribution in [2.24, 2.45) is 0 Å². The first kappa shape index (κ1) is 39.2. The Labute approximate surface area is 401 Å². The molecule has 4 aromatic heterocycles. The highest BCUT2D eigenvalue weighted by Gasteiger charge is 2.21.